The van der Waals surface area contributed by atoms with Crippen LogP contribution in [-0.4, -0.2) is 31.5 Å². The van der Waals surface area contributed by atoms with Gasteiger partial charge >= 0.3 is 6.09 Å². The van der Waals surface area contributed by atoms with Crippen LogP contribution in [-0.2, 0) is 9.16 Å². The fraction of sp³-hybridized carbons (Fsp3) is 0.769. The van der Waals surface area contributed by atoms with E-state index in [4.69, 9.17) is 9.16 Å². The Morgan fingerprint density at radius 3 is 2.44 bits per heavy atom. The Labute approximate surface area is 111 Å². The number of rotatable bonds is 2. The molecule has 4 nitrogen and oxygen atoms in total. The Kier molecular flexibility index (Phi) is 4.48. The van der Waals surface area contributed by atoms with Crippen LogP contribution in [0.4, 0.5) is 4.79 Å². The first-order chi connectivity index (χ1) is 8.08. The third-order valence-corrected chi connectivity index (χ3v) is 3.02. The van der Waals surface area contributed by atoms with E-state index >= 15 is 0 Å². The summed E-state index contributed by atoms with van der Waals surface area (Å²) in [7, 11) is -1.71. The largest absolute Gasteiger partial charge is 0.533 e. The van der Waals surface area contributed by atoms with E-state index < -0.39 is 13.9 Å². The molecule has 5 heteroatoms. The van der Waals surface area contributed by atoms with Gasteiger partial charge in [-0.05, 0) is 59.3 Å². The normalized spacial score (nSPS) is 17.2. The van der Waals surface area contributed by atoms with Gasteiger partial charge in [-0.15, -0.1) is 0 Å². The first kappa shape index (κ1) is 15.1. The highest BCUT2D eigenvalue weighted by molar-refractivity contribution is 6.70. The molecule has 1 rings (SSSR count). The number of allylic oxidation sites excluding steroid dienone is 1. The number of ether oxygens (including phenoxy) is 1. The van der Waals surface area contributed by atoms with Crippen molar-refractivity contribution in [3.05, 3.63) is 12.0 Å². The van der Waals surface area contributed by atoms with Crippen molar-refractivity contribution in [2.75, 3.05) is 6.54 Å². The number of carbonyl (C=O) groups is 1. The minimum absolute atomic E-state index is 0.313. The SMILES string of the molecule is CC(C)(C)OC(=O)N1CCCC=C1O[Si](C)(C)C. The zero-order chi connectivity index (χ0) is 14.0. The highest BCUT2D eigenvalue weighted by atomic mass is 28.4. The highest BCUT2D eigenvalue weighted by Gasteiger charge is 2.29. The van der Waals surface area contributed by atoms with Crippen molar-refractivity contribution in [1.82, 2.24) is 4.90 Å². The lowest BCUT2D eigenvalue weighted by atomic mass is 10.2. The molecule has 0 aromatic carbocycles. The van der Waals surface area contributed by atoms with E-state index in [0.29, 0.717) is 12.4 Å². The molecule has 0 saturated heterocycles. The average Bonchev–Trinajstić information content (AvgIpc) is 2.12. The zero-order valence-corrected chi connectivity index (χ0v) is 13.4. The fourth-order valence-corrected chi connectivity index (χ4v) is 2.43. The van der Waals surface area contributed by atoms with Crippen LogP contribution in [0.5, 0.6) is 0 Å². The summed E-state index contributed by atoms with van der Waals surface area (Å²) < 4.78 is 11.4. The van der Waals surface area contributed by atoms with Crippen molar-refractivity contribution in [2.45, 2.75) is 58.9 Å². The molecule has 1 aliphatic heterocycles. The molecule has 0 atom stereocenters. The number of carbonyl (C=O) groups excluding carboxylic acids is 1. The number of hydrogen-bond acceptors (Lipinski definition) is 3. The maximum Gasteiger partial charge on any atom is 0.417 e. The van der Waals surface area contributed by atoms with Gasteiger partial charge in [0.2, 0.25) is 8.32 Å². The molecule has 0 aromatic heterocycles. The van der Waals surface area contributed by atoms with Crippen molar-refractivity contribution < 1.29 is 14.0 Å². The first-order valence-electron chi connectivity index (χ1n) is 6.48. The monoisotopic (exact) mass is 271 g/mol. The van der Waals surface area contributed by atoms with Gasteiger partial charge in [0.25, 0.3) is 0 Å². The van der Waals surface area contributed by atoms with Crippen LogP contribution in [0.25, 0.3) is 0 Å². The second-order valence-electron chi connectivity index (χ2n) is 6.53. The molecule has 0 aromatic rings. The van der Waals surface area contributed by atoms with Crippen molar-refractivity contribution in [3.8, 4) is 0 Å². The maximum absolute atomic E-state index is 12.1. The third-order valence-electron chi connectivity index (χ3n) is 2.20. The molecule has 104 valence electrons. The molecule has 0 unspecified atom stereocenters. The van der Waals surface area contributed by atoms with E-state index in [1.165, 1.54) is 0 Å². The van der Waals surface area contributed by atoms with Gasteiger partial charge in [0.15, 0.2) is 5.88 Å². The Morgan fingerprint density at radius 1 is 1.33 bits per heavy atom. The number of nitrogens with zero attached hydrogens (tertiary/aromatic N) is 1. The van der Waals surface area contributed by atoms with Gasteiger partial charge in [-0.2, -0.15) is 0 Å². The lowest BCUT2D eigenvalue weighted by molar-refractivity contribution is 0.0222. The quantitative estimate of drug-likeness (QED) is 0.719. The van der Waals surface area contributed by atoms with Crippen LogP contribution >= 0.6 is 0 Å². The predicted molar refractivity (Wildman–Crippen MR) is 74.7 cm³/mol. The van der Waals surface area contributed by atoms with Crippen LogP contribution < -0.4 is 0 Å². The molecule has 0 bridgehead atoms. The molecule has 1 aliphatic rings. The van der Waals surface area contributed by atoms with Crippen LogP contribution in [0.15, 0.2) is 12.0 Å². The van der Waals surface area contributed by atoms with E-state index in [0.717, 1.165) is 12.8 Å². The molecule has 18 heavy (non-hydrogen) atoms. The van der Waals surface area contributed by atoms with Gasteiger partial charge < -0.3 is 9.16 Å². The molecule has 0 spiro atoms. The molecule has 0 radical (unpaired) electrons. The van der Waals surface area contributed by atoms with Gasteiger partial charge in [0.05, 0.1) is 0 Å². The van der Waals surface area contributed by atoms with E-state index in [1.807, 2.05) is 26.8 Å². The number of amides is 1. The van der Waals surface area contributed by atoms with Crippen molar-refractivity contribution in [2.24, 2.45) is 0 Å². The van der Waals surface area contributed by atoms with Crippen LogP contribution in [0, 0.1) is 0 Å². The Bertz CT molecular complexity index is 339. The van der Waals surface area contributed by atoms with Gasteiger partial charge in [0.1, 0.15) is 5.60 Å². The van der Waals surface area contributed by atoms with Crippen LogP contribution in [0.3, 0.4) is 0 Å². The Balaban J connectivity index is 2.76. The second kappa shape index (κ2) is 5.34. The standard InChI is InChI=1S/C13H25NO3Si/c1-13(2,3)16-12(15)14-10-8-7-9-11(14)17-18(4,5)6/h9H,7-8,10H2,1-6H3. The van der Waals surface area contributed by atoms with E-state index in [-0.39, 0.29) is 6.09 Å². The highest BCUT2D eigenvalue weighted by Crippen LogP contribution is 2.22. The molecule has 0 aliphatic carbocycles. The lowest BCUT2D eigenvalue weighted by Crippen LogP contribution is -2.41. The van der Waals surface area contributed by atoms with Gasteiger partial charge in [-0.25, -0.2) is 9.69 Å². The van der Waals surface area contributed by atoms with Crippen molar-refractivity contribution in [3.63, 3.8) is 0 Å². The Hall–Kier alpha value is -0.973. The van der Waals surface area contributed by atoms with E-state index in [2.05, 4.69) is 19.6 Å². The van der Waals surface area contributed by atoms with Gasteiger partial charge in [-0.3, -0.25) is 0 Å². The number of hydrogen-bond donors (Lipinski definition) is 0. The predicted octanol–water partition coefficient (Wildman–Crippen LogP) is 3.71. The summed E-state index contributed by atoms with van der Waals surface area (Å²) in [6, 6.07) is 0. The van der Waals surface area contributed by atoms with E-state index in [1.54, 1.807) is 4.90 Å². The molecule has 0 N–H and O–H groups in total. The van der Waals surface area contributed by atoms with Gasteiger partial charge in [0, 0.05) is 6.54 Å². The van der Waals surface area contributed by atoms with Crippen molar-refractivity contribution >= 4 is 14.4 Å². The minimum Gasteiger partial charge on any atom is -0.533 e. The molecule has 1 heterocycles. The molecule has 0 saturated carbocycles. The summed E-state index contributed by atoms with van der Waals surface area (Å²) in [5.41, 5.74) is -0.473. The summed E-state index contributed by atoms with van der Waals surface area (Å²) in [4.78, 5) is 13.7. The van der Waals surface area contributed by atoms with Gasteiger partial charge in [-0.1, -0.05) is 0 Å². The third kappa shape index (κ3) is 5.12. The smallest absolute Gasteiger partial charge is 0.417 e. The second-order valence-corrected chi connectivity index (χ2v) is 11.0. The topological polar surface area (TPSA) is 38.8 Å². The molecule has 0 fully saturated rings. The van der Waals surface area contributed by atoms with E-state index in [9.17, 15) is 4.79 Å². The molecular weight excluding hydrogens is 246 g/mol. The molecular formula is C13H25NO3Si. The summed E-state index contributed by atoms with van der Waals surface area (Å²) in [5, 5.41) is 0. The van der Waals surface area contributed by atoms with Crippen LogP contribution in [0.2, 0.25) is 19.6 Å². The maximum atomic E-state index is 12.1. The zero-order valence-electron chi connectivity index (χ0n) is 12.4. The first-order valence-corrected chi connectivity index (χ1v) is 9.89. The lowest BCUT2D eigenvalue weighted by Gasteiger charge is -2.33. The average molecular weight is 271 g/mol. The summed E-state index contributed by atoms with van der Waals surface area (Å²) in [5.74, 6) is 0.676. The Morgan fingerprint density at radius 2 is 1.94 bits per heavy atom. The summed E-state index contributed by atoms with van der Waals surface area (Å²) in [6.45, 7) is 12.6. The fourth-order valence-electron chi connectivity index (χ4n) is 1.60. The van der Waals surface area contributed by atoms with Crippen LogP contribution in [0.1, 0.15) is 33.6 Å². The van der Waals surface area contributed by atoms with Crippen molar-refractivity contribution in [1.29, 1.82) is 0 Å². The summed E-state index contributed by atoms with van der Waals surface area (Å²) >= 11 is 0. The summed E-state index contributed by atoms with van der Waals surface area (Å²) in [6.07, 6.45) is 3.59. The minimum atomic E-state index is -1.71. The molecule has 1 amide bonds.